The van der Waals surface area contributed by atoms with Gasteiger partial charge in [-0.2, -0.15) is 0 Å². The molecule has 10 rings (SSSR count). The first-order valence-electron chi connectivity index (χ1n) is 22.1. The molecule has 0 aliphatic rings. The summed E-state index contributed by atoms with van der Waals surface area (Å²) in [5.74, 6) is 0. The Bertz CT molecular complexity index is 2980. The molecule has 0 unspecified atom stereocenters. The number of hydrogen-bond acceptors (Lipinski definition) is 3. The van der Waals surface area contributed by atoms with Crippen LogP contribution in [0.5, 0.6) is 0 Å². The third-order valence-electron chi connectivity index (χ3n) is 11.6. The van der Waals surface area contributed by atoms with Crippen LogP contribution in [0, 0.1) is 0 Å². The first-order chi connectivity index (χ1) is 32.2. The maximum atomic E-state index is 2.32. The van der Waals surface area contributed by atoms with Crippen LogP contribution in [0.2, 0.25) is 0 Å². The summed E-state index contributed by atoms with van der Waals surface area (Å²) in [7, 11) is 0. The predicted molar refractivity (Wildman–Crippen MR) is 276 cm³/mol. The summed E-state index contributed by atoms with van der Waals surface area (Å²) in [4.78, 5) is 6.93. The van der Waals surface area contributed by atoms with Gasteiger partial charge in [-0.15, -0.1) is 0 Å². The average molecular weight is 834 g/mol. The maximum absolute atomic E-state index is 2.32. The Kier molecular flexibility index (Phi) is 11.9. The predicted octanol–water partition coefficient (Wildman–Crippen LogP) is 17.4. The van der Waals surface area contributed by atoms with E-state index in [1.807, 2.05) is 0 Å². The van der Waals surface area contributed by atoms with Crippen molar-refractivity contribution in [2.75, 3.05) is 14.7 Å². The summed E-state index contributed by atoms with van der Waals surface area (Å²) in [5, 5.41) is 0. The van der Waals surface area contributed by atoms with Crippen molar-refractivity contribution in [3.63, 3.8) is 0 Å². The second kappa shape index (κ2) is 19.2. The second-order valence-corrected chi connectivity index (χ2v) is 15.8. The monoisotopic (exact) mass is 833 g/mol. The van der Waals surface area contributed by atoms with E-state index in [2.05, 4.69) is 300 Å². The third kappa shape index (κ3) is 9.13. The molecule has 310 valence electrons. The molecule has 0 aliphatic heterocycles. The van der Waals surface area contributed by atoms with Crippen molar-refractivity contribution in [1.82, 2.24) is 0 Å². The number of para-hydroxylation sites is 4. The molecule has 10 aromatic carbocycles. The summed E-state index contributed by atoms with van der Waals surface area (Å²) < 4.78 is 0. The van der Waals surface area contributed by atoms with E-state index in [9.17, 15) is 0 Å². The van der Waals surface area contributed by atoms with Gasteiger partial charge in [0, 0.05) is 51.2 Å². The van der Waals surface area contributed by atoms with Gasteiger partial charge in [0.15, 0.2) is 0 Å². The minimum atomic E-state index is 1.07. The van der Waals surface area contributed by atoms with Crippen LogP contribution >= 0.6 is 0 Å². The van der Waals surface area contributed by atoms with Crippen LogP contribution in [-0.2, 0) is 0 Å². The van der Waals surface area contributed by atoms with E-state index in [-0.39, 0.29) is 0 Å². The molecule has 0 aliphatic carbocycles. The highest BCUT2D eigenvalue weighted by Gasteiger charge is 2.17. The minimum Gasteiger partial charge on any atom is -0.311 e. The highest BCUT2D eigenvalue weighted by atomic mass is 15.2. The van der Waals surface area contributed by atoms with Gasteiger partial charge in [-0.3, -0.25) is 0 Å². The van der Waals surface area contributed by atoms with Gasteiger partial charge in [0.25, 0.3) is 0 Å². The standard InChI is InChI=1S/C62H47N3/c1-7-19-51(20-8-1)62(52-21-9-2-10-22-52)47-48-31-37-57(38-32-48)64(55-27-15-5-16-28-55)60-43-45-61(46-44-60)65(56-29-17-6-18-30-56)59-41-35-50(36-42-59)49-33-39-58(40-34-49)63(53-23-11-3-12-24-53)54-25-13-4-14-26-54/h1-47H. The van der Waals surface area contributed by atoms with E-state index in [0.29, 0.717) is 0 Å². The first-order valence-corrected chi connectivity index (χ1v) is 22.1. The zero-order valence-electron chi connectivity index (χ0n) is 36.0. The van der Waals surface area contributed by atoms with Crippen molar-refractivity contribution in [2.24, 2.45) is 0 Å². The van der Waals surface area contributed by atoms with E-state index < -0.39 is 0 Å². The van der Waals surface area contributed by atoms with E-state index in [1.54, 1.807) is 0 Å². The Hall–Kier alpha value is -8.66. The number of hydrogen-bond donors (Lipinski definition) is 0. The van der Waals surface area contributed by atoms with Crippen LogP contribution in [0.4, 0.5) is 51.2 Å². The number of nitrogens with zero attached hydrogens (tertiary/aromatic N) is 3. The van der Waals surface area contributed by atoms with Gasteiger partial charge in [-0.1, -0.05) is 170 Å². The normalized spacial score (nSPS) is 10.8. The van der Waals surface area contributed by atoms with E-state index in [0.717, 1.165) is 67.9 Å². The molecule has 0 amide bonds. The van der Waals surface area contributed by atoms with Gasteiger partial charge >= 0.3 is 0 Å². The SMILES string of the molecule is C(=C(c1ccccc1)c1ccccc1)c1ccc(N(c2ccccc2)c2ccc(N(c3ccccc3)c3ccc(-c4ccc(N(c5ccccc5)c5ccccc5)cc4)cc3)cc2)cc1. The summed E-state index contributed by atoms with van der Waals surface area (Å²) in [6, 6.07) is 98.9. The smallest absolute Gasteiger partial charge is 0.0463 e. The Morgan fingerprint density at radius 1 is 0.215 bits per heavy atom. The van der Waals surface area contributed by atoms with Crippen molar-refractivity contribution in [3.8, 4) is 11.1 Å². The van der Waals surface area contributed by atoms with E-state index >= 15 is 0 Å². The van der Waals surface area contributed by atoms with Crippen LogP contribution in [-0.4, -0.2) is 0 Å². The van der Waals surface area contributed by atoms with Gasteiger partial charge in [-0.25, -0.2) is 0 Å². The molecule has 0 aromatic heterocycles. The van der Waals surface area contributed by atoms with Crippen LogP contribution in [0.15, 0.2) is 279 Å². The van der Waals surface area contributed by atoms with Crippen molar-refractivity contribution < 1.29 is 0 Å². The molecule has 0 N–H and O–H groups in total. The number of benzene rings is 10. The molecule has 0 radical (unpaired) electrons. The first kappa shape index (κ1) is 40.4. The topological polar surface area (TPSA) is 9.72 Å². The quantitative estimate of drug-likeness (QED) is 0.107. The molecule has 0 saturated heterocycles. The molecule has 3 heteroatoms. The zero-order valence-corrected chi connectivity index (χ0v) is 36.0. The highest BCUT2D eigenvalue weighted by Crippen LogP contribution is 2.41. The fourth-order valence-electron chi connectivity index (χ4n) is 8.46. The lowest BCUT2D eigenvalue weighted by atomic mass is 9.95. The second-order valence-electron chi connectivity index (χ2n) is 15.8. The summed E-state index contributed by atoms with van der Waals surface area (Å²) in [6.07, 6.45) is 2.28. The van der Waals surface area contributed by atoms with Gasteiger partial charge in [0.05, 0.1) is 0 Å². The molecule has 0 atom stereocenters. The molecule has 3 nitrogen and oxygen atoms in total. The summed E-state index contributed by atoms with van der Waals surface area (Å²) >= 11 is 0. The average Bonchev–Trinajstić information content (AvgIpc) is 3.39. The van der Waals surface area contributed by atoms with Gasteiger partial charge < -0.3 is 14.7 Å². The molecular formula is C62H47N3. The van der Waals surface area contributed by atoms with E-state index in [1.165, 1.54) is 16.7 Å². The Balaban J connectivity index is 0.939. The summed E-state index contributed by atoms with van der Waals surface area (Å²) in [6.45, 7) is 0. The Morgan fingerprint density at radius 3 is 0.708 bits per heavy atom. The van der Waals surface area contributed by atoms with Crippen LogP contribution in [0.25, 0.3) is 22.8 Å². The Morgan fingerprint density at radius 2 is 0.431 bits per heavy atom. The molecule has 10 aromatic rings. The van der Waals surface area contributed by atoms with E-state index in [4.69, 9.17) is 0 Å². The lowest BCUT2D eigenvalue weighted by molar-refractivity contribution is 1.25. The lowest BCUT2D eigenvalue weighted by Crippen LogP contribution is -2.12. The fourth-order valence-corrected chi connectivity index (χ4v) is 8.46. The van der Waals surface area contributed by atoms with Gasteiger partial charge in [0.1, 0.15) is 0 Å². The van der Waals surface area contributed by atoms with Crippen molar-refractivity contribution in [3.05, 3.63) is 296 Å². The molecule has 0 bridgehead atoms. The maximum Gasteiger partial charge on any atom is 0.0463 e. The van der Waals surface area contributed by atoms with Crippen molar-refractivity contribution in [1.29, 1.82) is 0 Å². The molecule has 0 fully saturated rings. The Labute approximate surface area is 382 Å². The van der Waals surface area contributed by atoms with Crippen LogP contribution < -0.4 is 14.7 Å². The molecule has 65 heavy (non-hydrogen) atoms. The molecule has 0 heterocycles. The van der Waals surface area contributed by atoms with Crippen LogP contribution in [0.1, 0.15) is 16.7 Å². The summed E-state index contributed by atoms with van der Waals surface area (Å²) in [5.41, 5.74) is 16.9. The van der Waals surface area contributed by atoms with Crippen molar-refractivity contribution in [2.45, 2.75) is 0 Å². The van der Waals surface area contributed by atoms with Crippen molar-refractivity contribution >= 4 is 62.8 Å². The molecule has 0 spiro atoms. The van der Waals surface area contributed by atoms with Crippen LogP contribution in [0.3, 0.4) is 0 Å². The zero-order chi connectivity index (χ0) is 43.6. The highest BCUT2D eigenvalue weighted by molar-refractivity contribution is 5.92. The minimum absolute atomic E-state index is 1.07. The third-order valence-corrected chi connectivity index (χ3v) is 11.6. The number of anilines is 9. The van der Waals surface area contributed by atoms with Gasteiger partial charge in [0.2, 0.25) is 0 Å². The fraction of sp³-hybridized carbons (Fsp3) is 0. The number of rotatable bonds is 13. The van der Waals surface area contributed by atoms with Gasteiger partial charge in [-0.05, 0) is 149 Å². The molecular weight excluding hydrogens is 787 g/mol. The largest absolute Gasteiger partial charge is 0.311 e. The lowest BCUT2D eigenvalue weighted by Gasteiger charge is -2.28. The molecule has 0 saturated carbocycles.